The third kappa shape index (κ3) is 15.7. The van der Waals surface area contributed by atoms with Crippen molar-refractivity contribution in [3.8, 4) is 203 Å². The number of hydrogen-bond donors (Lipinski definition) is 0. The Morgan fingerprint density at radius 1 is 0.116 bits per heavy atom. The molecule has 28 rings (SSSR count). The zero-order valence-corrected chi connectivity index (χ0v) is 79.0. The molecule has 684 valence electrons. The minimum atomic E-state index is 0.530. The molecule has 12 nitrogen and oxygen atoms in total. The Morgan fingerprint density at radius 3 is 0.687 bits per heavy atom. The molecule has 0 aliphatic heterocycles. The maximum Gasteiger partial charge on any atom is 0.164 e. The van der Waals surface area contributed by atoms with Gasteiger partial charge in [-0.15, -0.1) is 0 Å². The lowest BCUT2D eigenvalue weighted by atomic mass is 9.94. The fourth-order valence-corrected chi connectivity index (χ4v) is 21.1. The van der Waals surface area contributed by atoms with Gasteiger partial charge in [-0.2, -0.15) is 0 Å². The summed E-state index contributed by atoms with van der Waals surface area (Å²) in [6.45, 7) is 0. The van der Waals surface area contributed by atoms with Crippen LogP contribution in [0.3, 0.4) is 0 Å². The summed E-state index contributed by atoms with van der Waals surface area (Å²) in [5.74, 6) is 5.07. The molecule has 147 heavy (non-hydrogen) atoms. The highest BCUT2D eigenvalue weighted by Crippen LogP contribution is 2.46. The van der Waals surface area contributed by atoms with Gasteiger partial charge in [-0.05, 0) is 195 Å². The van der Waals surface area contributed by atoms with Gasteiger partial charge < -0.3 is 13.3 Å². The Kier molecular flexibility index (Phi) is 20.6. The highest BCUT2D eigenvalue weighted by atomic mass is 16.3. The molecule has 0 radical (unpaired) electrons. The average Bonchev–Trinajstić information content (AvgIpc) is 1.61. The van der Waals surface area contributed by atoms with E-state index in [4.69, 9.17) is 58.1 Å². The van der Waals surface area contributed by atoms with Crippen LogP contribution in [0.4, 0.5) is 0 Å². The molecule has 0 fully saturated rings. The van der Waals surface area contributed by atoms with Crippen LogP contribution in [-0.2, 0) is 0 Å². The number of nitrogens with zero attached hydrogens (tertiary/aromatic N) is 9. The second-order valence-corrected chi connectivity index (χ2v) is 37.4. The topological polar surface area (TPSA) is 155 Å². The van der Waals surface area contributed by atoms with E-state index in [1.54, 1.807) is 0 Å². The second-order valence-electron chi connectivity index (χ2n) is 37.4. The first kappa shape index (κ1) is 85.1. The normalized spacial score (nSPS) is 11.7. The molecule has 0 bridgehead atoms. The lowest BCUT2D eigenvalue weighted by Crippen LogP contribution is -2.00. The number of hydrogen-bond acceptors (Lipinski definition) is 12. The number of rotatable bonds is 18. The zero-order chi connectivity index (χ0) is 96.9. The average molecular weight is 1880 g/mol. The van der Waals surface area contributed by atoms with Gasteiger partial charge in [0.15, 0.2) is 52.4 Å². The molecule has 0 saturated heterocycles. The fourth-order valence-electron chi connectivity index (χ4n) is 21.1. The van der Waals surface area contributed by atoms with Gasteiger partial charge in [-0.1, -0.05) is 413 Å². The van der Waals surface area contributed by atoms with Crippen LogP contribution in [0.1, 0.15) is 0 Å². The zero-order valence-electron chi connectivity index (χ0n) is 79.0. The van der Waals surface area contributed by atoms with Crippen molar-refractivity contribution in [2.45, 2.75) is 0 Å². The van der Waals surface area contributed by atoms with Crippen LogP contribution in [0, 0.1) is 0 Å². The van der Waals surface area contributed by atoms with Crippen LogP contribution < -0.4 is 0 Å². The molecular weight excluding hydrogens is 1800 g/mol. The molecule has 0 aliphatic carbocycles. The van der Waals surface area contributed by atoms with Crippen molar-refractivity contribution in [1.82, 2.24) is 44.9 Å². The molecule has 0 aliphatic rings. The number of aromatic nitrogens is 9. The van der Waals surface area contributed by atoms with Gasteiger partial charge in [0.2, 0.25) is 0 Å². The maximum absolute atomic E-state index is 6.59. The van der Waals surface area contributed by atoms with Gasteiger partial charge in [0.05, 0.1) is 0 Å². The Labute approximate surface area is 844 Å². The van der Waals surface area contributed by atoms with Gasteiger partial charge in [0.25, 0.3) is 0 Å². The van der Waals surface area contributed by atoms with Crippen molar-refractivity contribution < 1.29 is 13.3 Å². The van der Waals surface area contributed by atoms with Crippen LogP contribution in [0.15, 0.2) is 505 Å². The highest BCUT2D eigenvalue weighted by molar-refractivity contribution is 6.21. The lowest BCUT2D eigenvalue weighted by molar-refractivity contribution is 0.672. The van der Waals surface area contributed by atoms with E-state index in [0.29, 0.717) is 52.4 Å². The molecule has 0 unspecified atom stereocenters. The summed E-state index contributed by atoms with van der Waals surface area (Å²) in [5, 5.41) is 13.2. The largest absolute Gasteiger partial charge is 0.455 e. The van der Waals surface area contributed by atoms with Crippen molar-refractivity contribution in [3.63, 3.8) is 0 Å². The summed E-state index contributed by atoms with van der Waals surface area (Å²) < 4.78 is 19.7. The van der Waals surface area contributed by atoms with Gasteiger partial charge in [-0.25, -0.2) is 44.9 Å². The van der Waals surface area contributed by atoms with Crippen molar-refractivity contribution >= 4 is 98.1 Å². The highest BCUT2D eigenvalue weighted by Gasteiger charge is 2.24. The Bertz CT molecular complexity index is 10100. The van der Waals surface area contributed by atoms with Crippen LogP contribution >= 0.6 is 0 Å². The number of furan rings is 3. The van der Waals surface area contributed by atoms with Gasteiger partial charge in [-0.3, -0.25) is 0 Å². The van der Waals surface area contributed by atoms with E-state index < -0.39 is 0 Å². The van der Waals surface area contributed by atoms with E-state index in [1.165, 1.54) is 0 Å². The van der Waals surface area contributed by atoms with Crippen molar-refractivity contribution in [2.75, 3.05) is 0 Å². The van der Waals surface area contributed by atoms with Crippen LogP contribution in [-0.4, -0.2) is 44.9 Å². The predicted molar refractivity (Wildman–Crippen MR) is 599 cm³/mol. The van der Waals surface area contributed by atoms with Gasteiger partial charge >= 0.3 is 0 Å². The van der Waals surface area contributed by atoms with Crippen LogP contribution in [0.5, 0.6) is 0 Å². The first-order valence-electron chi connectivity index (χ1n) is 49.3. The van der Waals surface area contributed by atoms with Crippen molar-refractivity contribution in [1.29, 1.82) is 0 Å². The third-order valence-corrected chi connectivity index (χ3v) is 28.5. The summed E-state index contributed by atoms with van der Waals surface area (Å²) in [5.41, 5.74) is 32.3. The molecule has 0 amide bonds. The van der Waals surface area contributed by atoms with Crippen LogP contribution in [0.2, 0.25) is 0 Å². The first-order valence-corrected chi connectivity index (χ1v) is 49.3. The van der Waals surface area contributed by atoms with E-state index in [0.717, 1.165) is 248 Å². The Hall–Kier alpha value is -20.0. The molecular formula is C135H81N9O3. The lowest BCUT2D eigenvalue weighted by Gasteiger charge is -2.12. The van der Waals surface area contributed by atoms with Gasteiger partial charge in [0, 0.05) is 98.5 Å². The van der Waals surface area contributed by atoms with Crippen molar-refractivity contribution in [3.05, 3.63) is 491 Å². The third-order valence-electron chi connectivity index (χ3n) is 28.5. The van der Waals surface area contributed by atoms with E-state index in [1.807, 2.05) is 97.1 Å². The van der Waals surface area contributed by atoms with E-state index in [9.17, 15) is 0 Å². The minimum Gasteiger partial charge on any atom is -0.455 e. The molecule has 0 atom stereocenters. The van der Waals surface area contributed by atoms with E-state index in [2.05, 4.69) is 394 Å². The molecule has 12 heteroatoms. The molecule has 0 N–H and O–H groups in total. The molecule has 6 aromatic heterocycles. The van der Waals surface area contributed by atoms with E-state index >= 15 is 0 Å². The number of fused-ring (bicyclic) bond motifs is 15. The SMILES string of the molecule is c1ccc(-c2nc(-c3ccc(-c4cccc5ccc6c7ccccc7oc6c45)cc3)nc(-c3cccc(-c4ccc(-c5cccc(-c6cccc(-c7ccc(-c8nc(-c9cccc(-c%10ccc(-c%11nc(-c%12ccccc%12)nc(-c%12cccc(-c%13cccc(-c%14cccc%15c%14ccc%14c%16ccccc%16oc%15%14)c%13)c%12)n%11)cc%10)c9)nc(-c9cccc(-c%10cccc%11c%10ccc%10c%12ccccc%12oc%11%10)c9)n8)cc7)c6)c5)cc4)c3)n2)cc1. The smallest absolute Gasteiger partial charge is 0.164 e. The summed E-state index contributed by atoms with van der Waals surface area (Å²) >= 11 is 0. The second kappa shape index (κ2) is 35.7. The molecule has 0 saturated carbocycles. The first-order chi connectivity index (χ1) is 72.7. The molecule has 28 aromatic rings. The summed E-state index contributed by atoms with van der Waals surface area (Å²) in [4.78, 5) is 47.3. The standard InChI is InChI=1S/C135H81N9O3/c1-3-23-88(24-4-1)127-136-129(140-133(139-127)105-40-18-35-100(80-105)99-34-15-36-101(77-99)107-45-21-48-115-110(107)71-73-117-112-42-7-10-50-120(112)145-124(115)117)90-65-59-85(60-66-90)96-31-17-39-104(79-96)134-142-131(143-135(144-134)106-41-19-37-102(81-106)108-46-22-49-116-111(108)72-74-118-113-43-8-11-51-121(113)146-125(116)118)91-63-57-84(58-64-91)94-29-14-33-98(76-94)97-32-13-28-93(75-97)82-53-55-83(56-54-82)95-30-16-38-103(78-95)132-138-128(89-25-5-2-6-26-89)137-130(141-132)92-67-61-86(62-68-92)109-47-20-27-87-69-70-119-114-44-9-12-52-122(114)147-126(119)123(87)109/h1-81H. The molecule has 22 aromatic carbocycles. The quantitative estimate of drug-likeness (QED) is 0.0803. The molecule has 6 heterocycles. The fraction of sp³-hybridized carbons (Fsp3) is 0. The van der Waals surface area contributed by atoms with Crippen molar-refractivity contribution in [2.24, 2.45) is 0 Å². The Balaban J connectivity index is 0.463. The number of benzene rings is 22. The number of para-hydroxylation sites is 3. The predicted octanol–water partition coefficient (Wildman–Crippen LogP) is 35.4. The van der Waals surface area contributed by atoms with Gasteiger partial charge in [0.1, 0.15) is 33.5 Å². The van der Waals surface area contributed by atoms with Crippen LogP contribution in [0.25, 0.3) is 301 Å². The summed E-state index contributed by atoms with van der Waals surface area (Å²) in [6.07, 6.45) is 0. The molecule has 0 spiro atoms. The summed E-state index contributed by atoms with van der Waals surface area (Å²) in [6, 6.07) is 172. The maximum atomic E-state index is 6.59. The van der Waals surface area contributed by atoms with E-state index in [-0.39, 0.29) is 0 Å². The summed E-state index contributed by atoms with van der Waals surface area (Å²) in [7, 11) is 0. The minimum absolute atomic E-state index is 0.530. The monoisotopic (exact) mass is 1880 g/mol. The Morgan fingerprint density at radius 2 is 0.327 bits per heavy atom.